The maximum Gasteiger partial charge on any atom is 0.123 e. The molecule has 0 amide bonds. The summed E-state index contributed by atoms with van der Waals surface area (Å²) < 4.78 is 18.0. The highest BCUT2D eigenvalue weighted by atomic mass is 79.9. The van der Waals surface area contributed by atoms with Crippen LogP contribution in [0.5, 0.6) is 0 Å². The van der Waals surface area contributed by atoms with Crippen LogP contribution >= 0.6 is 15.9 Å². The summed E-state index contributed by atoms with van der Waals surface area (Å²) in [4.78, 5) is 0. The number of hydrogen-bond donors (Lipinski definition) is 0. The molecule has 0 heterocycles. The van der Waals surface area contributed by atoms with E-state index >= 15 is 0 Å². The van der Waals surface area contributed by atoms with Crippen molar-refractivity contribution < 1.29 is 9.13 Å². The molecule has 0 spiro atoms. The molecule has 0 aliphatic heterocycles. The van der Waals surface area contributed by atoms with Gasteiger partial charge in [-0.05, 0) is 30.0 Å². The minimum absolute atomic E-state index is 0.175. The van der Waals surface area contributed by atoms with E-state index in [1.807, 2.05) is 6.07 Å². The maximum absolute atomic E-state index is 12.9. The molecule has 0 saturated heterocycles. The first-order chi connectivity index (χ1) is 6.77. The summed E-state index contributed by atoms with van der Waals surface area (Å²) >= 11 is 3.43. The van der Waals surface area contributed by atoms with Crippen molar-refractivity contribution in [2.75, 3.05) is 19.0 Å². The van der Waals surface area contributed by atoms with Gasteiger partial charge in [-0.3, -0.25) is 0 Å². The van der Waals surface area contributed by atoms with Gasteiger partial charge < -0.3 is 4.74 Å². The summed E-state index contributed by atoms with van der Waals surface area (Å²) in [6.07, 6.45) is 0.908. The third-order valence-electron chi connectivity index (χ3n) is 2.18. The summed E-state index contributed by atoms with van der Waals surface area (Å²) in [6.45, 7) is 0.701. The lowest BCUT2D eigenvalue weighted by molar-refractivity contribution is 0.190. The minimum atomic E-state index is -0.175. The van der Waals surface area contributed by atoms with Crippen molar-refractivity contribution in [1.29, 1.82) is 0 Å². The molecule has 14 heavy (non-hydrogen) atoms. The van der Waals surface area contributed by atoms with Crippen LogP contribution in [0.25, 0.3) is 0 Å². The summed E-state index contributed by atoms with van der Waals surface area (Å²) in [5.41, 5.74) is 1.03. The van der Waals surface area contributed by atoms with Gasteiger partial charge in [-0.25, -0.2) is 4.39 Å². The van der Waals surface area contributed by atoms with Gasteiger partial charge in [0.05, 0.1) is 0 Å². The lowest BCUT2D eigenvalue weighted by Gasteiger charge is -2.13. The Kier molecular flexibility index (Phi) is 5.12. The molecule has 0 aromatic heterocycles. The van der Waals surface area contributed by atoms with E-state index < -0.39 is 0 Å². The third-order valence-corrected chi connectivity index (χ3v) is 2.96. The largest absolute Gasteiger partial charge is 0.385 e. The number of halogens is 2. The topological polar surface area (TPSA) is 9.23 Å². The number of benzene rings is 1. The van der Waals surface area contributed by atoms with Crippen molar-refractivity contribution in [2.45, 2.75) is 12.3 Å². The highest BCUT2D eigenvalue weighted by Crippen LogP contribution is 2.22. The van der Waals surface area contributed by atoms with Crippen LogP contribution in [-0.4, -0.2) is 19.0 Å². The van der Waals surface area contributed by atoms with Crippen molar-refractivity contribution in [2.24, 2.45) is 0 Å². The molecular weight excluding hydrogens is 247 g/mol. The van der Waals surface area contributed by atoms with Crippen LogP contribution in [0.4, 0.5) is 4.39 Å². The van der Waals surface area contributed by atoms with Crippen LogP contribution in [0.15, 0.2) is 24.3 Å². The normalized spacial score (nSPS) is 12.8. The minimum Gasteiger partial charge on any atom is -0.385 e. The van der Waals surface area contributed by atoms with Gasteiger partial charge in [-0.15, -0.1) is 0 Å². The van der Waals surface area contributed by atoms with Gasteiger partial charge in [0.25, 0.3) is 0 Å². The zero-order valence-corrected chi connectivity index (χ0v) is 9.76. The Labute approximate surface area is 92.4 Å². The van der Waals surface area contributed by atoms with Crippen molar-refractivity contribution in [1.82, 2.24) is 0 Å². The van der Waals surface area contributed by atoms with E-state index in [9.17, 15) is 4.39 Å². The van der Waals surface area contributed by atoms with Crippen LogP contribution in [-0.2, 0) is 4.74 Å². The zero-order chi connectivity index (χ0) is 10.4. The van der Waals surface area contributed by atoms with Crippen molar-refractivity contribution in [3.63, 3.8) is 0 Å². The van der Waals surface area contributed by atoms with Gasteiger partial charge in [0, 0.05) is 19.0 Å². The fraction of sp³-hybridized carbons (Fsp3) is 0.455. The molecule has 0 aliphatic rings. The molecule has 1 nitrogen and oxygen atoms in total. The average molecular weight is 261 g/mol. The number of alkyl halides is 1. The fourth-order valence-electron chi connectivity index (χ4n) is 1.35. The number of rotatable bonds is 5. The van der Waals surface area contributed by atoms with E-state index in [4.69, 9.17) is 4.74 Å². The summed E-state index contributed by atoms with van der Waals surface area (Å²) in [5, 5.41) is 0.833. The first-order valence-electron chi connectivity index (χ1n) is 4.58. The maximum atomic E-state index is 12.9. The second kappa shape index (κ2) is 6.14. The second-order valence-electron chi connectivity index (χ2n) is 3.19. The van der Waals surface area contributed by atoms with Crippen LogP contribution in [0.1, 0.15) is 17.9 Å². The van der Waals surface area contributed by atoms with E-state index in [1.165, 1.54) is 6.07 Å². The molecule has 78 valence electrons. The van der Waals surface area contributed by atoms with E-state index in [0.717, 1.165) is 17.3 Å². The summed E-state index contributed by atoms with van der Waals surface area (Å²) in [5.74, 6) is 0.150. The molecule has 1 atom stereocenters. The standard InChI is InChI=1S/C11H14BrFO/c1-14-6-5-10(8-12)9-3-2-4-11(13)7-9/h2-4,7,10H,5-6,8H2,1H3. The van der Waals surface area contributed by atoms with Gasteiger partial charge in [-0.2, -0.15) is 0 Å². The van der Waals surface area contributed by atoms with Crippen LogP contribution < -0.4 is 0 Å². The molecule has 1 unspecified atom stereocenters. The smallest absolute Gasteiger partial charge is 0.123 e. The summed E-state index contributed by atoms with van der Waals surface area (Å²) in [6, 6.07) is 6.74. The molecule has 3 heteroatoms. The van der Waals surface area contributed by atoms with Gasteiger partial charge in [0.1, 0.15) is 5.82 Å². The van der Waals surface area contributed by atoms with Crippen LogP contribution in [0.2, 0.25) is 0 Å². The Morgan fingerprint density at radius 2 is 2.29 bits per heavy atom. The third kappa shape index (κ3) is 3.39. The van der Waals surface area contributed by atoms with Crippen molar-refractivity contribution in [3.8, 4) is 0 Å². The quantitative estimate of drug-likeness (QED) is 0.738. The van der Waals surface area contributed by atoms with Gasteiger partial charge in [0.15, 0.2) is 0 Å². The van der Waals surface area contributed by atoms with Gasteiger partial charge in [-0.1, -0.05) is 28.1 Å². The highest BCUT2D eigenvalue weighted by molar-refractivity contribution is 9.09. The fourth-order valence-corrected chi connectivity index (χ4v) is 2.05. The summed E-state index contributed by atoms with van der Waals surface area (Å²) in [7, 11) is 1.68. The number of ether oxygens (including phenoxy) is 1. The highest BCUT2D eigenvalue weighted by Gasteiger charge is 2.10. The van der Waals surface area contributed by atoms with E-state index in [1.54, 1.807) is 19.2 Å². The molecule has 1 aromatic carbocycles. The predicted molar refractivity (Wildman–Crippen MR) is 59.4 cm³/mol. The molecule has 0 N–H and O–H groups in total. The van der Waals surface area contributed by atoms with Crippen LogP contribution in [0, 0.1) is 5.82 Å². The molecule has 0 fully saturated rings. The molecule has 1 rings (SSSR count). The van der Waals surface area contributed by atoms with Crippen LogP contribution in [0.3, 0.4) is 0 Å². The molecule has 0 radical (unpaired) electrons. The van der Waals surface area contributed by atoms with E-state index in [-0.39, 0.29) is 5.82 Å². The average Bonchev–Trinajstić information content (AvgIpc) is 2.19. The predicted octanol–water partition coefficient (Wildman–Crippen LogP) is 3.34. The molecule has 0 saturated carbocycles. The van der Waals surface area contributed by atoms with Gasteiger partial charge in [0.2, 0.25) is 0 Å². The Morgan fingerprint density at radius 3 is 2.86 bits per heavy atom. The van der Waals surface area contributed by atoms with Gasteiger partial charge >= 0.3 is 0 Å². The lowest BCUT2D eigenvalue weighted by Crippen LogP contribution is -2.04. The Hall–Kier alpha value is -0.410. The monoisotopic (exact) mass is 260 g/mol. The first kappa shape index (κ1) is 11.7. The Bertz CT molecular complexity index is 278. The van der Waals surface area contributed by atoms with E-state index in [2.05, 4.69) is 15.9 Å². The first-order valence-corrected chi connectivity index (χ1v) is 5.70. The zero-order valence-electron chi connectivity index (χ0n) is 8.17. The number of hydrogen-bond acceptors (Lipinski definition) is 1. The second-order valence-corrected chi connectivity index (χ2v) is 3.84. The Morgan fingerprint density at radius 1 is 1.50 bits per heavy atom. The van der Waals surface area contributed by atoms with Crippen molar-refractivity contribution in [3.05, 3.63) is 35.6 Å². The van der Waals surface area contributed by atoms with E-state index in [0.29, 0.717) is 12.5 Å². The SMILES string of the molecule is COCCC(CBr)c1cccc(F)c1. The molecule has 1 aromatic rings. The molecular formula is C11H14BrFO. The Balaban J connectivity index is 2.68. The van der Waals surface area contributed by atoms with Crippen molar-refractivity contribution >= 4 is 15.9 Å². The number of methoxy groups -OCH3 is 1. The lowest BCUT2D eigenvalue weighted by atomic mass is 9.98. The molecule has 0 bridgehead atoms. The molecule has 0 aliphatic carbocycles.